The molecule has 0 fully saturated rings. The summed E-state index contributed by atoms with van der Waals surface area (Å²) in [5.74, 6) is -0.833. The number of carboxylic acid groups (broad SMARTS) is 1. The molecule has 0 bridgehead atoms. The summed E-state index contributed by atoms with van der Waals surface area (Å²) in [7, 11) is 0. The van der Waals surface area contributed by atoms with Gasteiger partial charge in [-0.3, -0.25) is 5.32 Å². The minimum atomic E-state index is -1.10. The summed E-state index contributed by atoms with van der Waals surface area (Å²) >= 11 is 1.18. The normalized spacial score (nSPS) is 9.80. The van der Waals surface area contributed by atoms with Crippen LogP contribution in [0.1, 0.15) is 0 Å². The van der Waals surface area contributed by atoms with Gasteiger partial charge in [0.25, 0.3) is 0 Å². The number of urea groups is 1. The summed E-state index contributed by atoms with van der Waals surface area (Å²) in [6, 6.07) is 5.99. The zero-order valence-electron chi connectivity index (χ0n) is 10.1. The maximum atomic E-state index is 11.7. The molecule has 0 spiro atoms. The number of anilines is 2. The van der Waals surface area contributed by atoms with Crippen molar-refractivity contribution < 1.29 is 19.4 Å². The van der Waals surface area contributed by atoms with Crippen molar-refractivity contribution >= 4 is 34.2 Å². The summed E-state index contributed by atoms with van der Waals surface area (Å²) in [4.78, 5) is 22.2. The van der Waals surface area contributed by atoms with Gasteiger partial charge in [-0.05, 0) is 12.1 Å². The Morgan fingerprint density at radius 1 is 1.30 bits per heavy atom. The first-order valence-corrected chi connectivity index (χ1v) is 6.31. The molecule has 0 atom stereocenters. The van der Waals surface area contributed by atoms with Gasteiger partial charge in [-0.1, -0.05) is 23.5 Å². The number of rotatable bonds is 5. The molecule has 0 aliphatic heterocycles. The van der Waals surface area contributed by atoms with Gasteiger partial charge in [-0.15, -0.1) is 10.2 Å². The molecule has 0 aliphatic rings. The van der Waals surface area contributed by atoms with Crippen LogP contribution in [0.25, 0.3) is 0 Å². The Bertz CT molecular complexity index is 602. The van der Waals surface area contributed by atoms with E-state index >= 15 is 0 Å². The van der Waals surface area contributed by atoms with E-state index < -0.39 is 18.6 Å². The van der Waals surface area contributed by atoms with Crippen LogP contribution in [0.3, 0.4) is 0 Å². The fourth-order valence-electron chi connectivity index (χ4n) is 1.31. The lowest BCUT2D eigenvalue weighted by atomic mass is 10.3. The molecule has 2 amide bonds. The predicted molar refractivity (Wildman–Crippen MR) is 72.1 cm³/mol. The molecule has 0 aliphatic carbocycles. The summed E-state index contributed by atoms with van der Waals surface area (Å²) in [6.45, 7) is -0.489. The minimum absolute atomic E-state index is 0.266. The lowest BCUT2D eigenvalue weighted by Gasteiger charge is -2.10. The molecule has 104 valence electrons. The second-order valence-electron chi connectivity index (χ2n) is 3.50. The van der Waals surface area contributed by atoms with Gasteiger partial charge in [0.2, 0.25) is 5.13 Å². The van der Waals surface area contributed by atoms with Crippen molar-refractivity contribution in [1.29, 1.82) is 0 Å². The summed E-state index contributed by atoms with van der Waals surface area (Å²) in [5.41, 5.74) is 1.84. The van der Waals surface area contributed by atoms with E-state index in [2.05, 4.69) is 20.8 Å². The first-order valence-electron chi connectivity index (χ1n) is 5.43. The summed E-state index contributed by atoms with van der Waals surface area (Å²) in [6.07, 6.45) is 0. The number of carboxylic acids is 1. The van der Waals surface area contributed by atoms with Crippen LogP contribution >= 0.6 is 11.3 Å². The van der Waals surface area contributed by atoms with E-state index in [1.165, 1.54) is 16.8 Å². The van der Waals surface area contributed by atoms with Crippen LogP contribution in [0.5, 0.6) is 5.75 Å². The molecule has 20 heavy (non-hydrogen) atoms. The van der Waals surface area contributed by atoms with Crippen molar-refractivity contribution in [2.75, 3.05) is 17.2 Å². The number of nitrogens with zero attached hydrogens (tertiary/aromatic N) is 2. The zero-order valence-corrected chi connectivity index (χ0v) is 10.9. The van der Waals surface area contributed by atoms with Crippen LogP contribution in [0.15, 0.2) is 29.8 Å². The molecule has 0 unspecified atom stereocenters. The van der Waals surface area contributed by atoms with Crippen molar-refractivity contribution in [3.8, 4) is 5.75 Å². The second-order valence-corrected chi connectivity index (χ2v) is 4.33. The topological polar surface area (TPSA) is 113 Å². The van der Waals surface area contributed by atoms with Crippen LogP contribution < -0.4 is 15.4 Å². The van der Waals surface area contributed by atoms with Crippen LogP contribution in [0.2, 0.25) is 0 Å². The third kappa shape index (κ3) is 3.92. The van der Waals surface area contributed by atoms with Crippen LogP contribution in [-0.2, 0) is 4.79 Å². The fraction of sp³-hybridized carbons (Fsp3) is 0.0909. The number of para-hydroxylation sites is 2. The number of carbonyl (C=O) groups is 2. The van der Waals surface area contributed by atoms with Gasteiger partial charge >= 0.3 is 12.0 Å². The lowest BCUT2D eigenvalue weighted by molar-refractivity contribution is -0.139. The molecule has 0 saturated heterocycles. The number of amides is 2. The van der Waals surface area contributed by atoms with Crippen molar-refractivity contribution in [2.45, 2.75) is 0 Å². The SMILES string of the molecule is O=C(O)COc1ccccc1NC(=O)Nc1nncs1. The zero-order chi connectivity index (χ0) is 14.4. The van der Waals surface area contributed by atoms with E-state index in [0.29, 0.717) is 10.8 Å². The highest BCUT2D eigenvalue weighted by atomic mass is 32.1. The molecule has 1 aromatic heterocycles. The van der Waals surface area contributed by atoms with E-state index in [1.807, 2.05) is 0 Å². The third-order valence-electron chi connectivity index (χ3n) is 2.07. The smallest absolute Gasteiger partial charge is 0.341 e. The number of carbonyl (C=O) groups excluding carboxylic acids is 1. The molecule has 3 N–H and O–H groups in total. The number of aliphatic carboxylic acids is 1. The molecule has 2 rings (SSSR count). The Morgan fingerprint density at radius 3 is 2.80 bits per heavy atom. The molecular weight excluding hydrogens is 284 g/mol. The largest absolute Gasteiger partial charge is 0.480 e. The monoisotopic (exact) mass is 294 g/mol. The first kappa shape index (κ1) is 13.7. The van der Waals surface area contributed by atoms with Crippen LogP contribution in [0.4, 0.5) is 15.6 Å². The first-order chi connectivity index (χ1) is 9.65. The van der Waals surface area contributed by atoms with E-state index in [-0.39, 0.29) is 5.75 Å². The molecular formula is C11H10N4O4S. The molecule has 2 aromatic rings. The Labute approximate surface area is 117 Å². The fourth-order valence-corrected chi connectivity index (χ4v) is 1.75. The number of nitrogens with one attached hydrogen (secondary N) is 2. The predicted octanol–water partition coefficient (Wildman–Crippen LogP) is 1.65. The van der Waals surface area contributed by atoms with Crippen LogP contribution in [0, 0.1) is 0 Å². The maximum Gasteiger partial charge on any atom is 0.341 e. The van der Waals surface area contributed by atoms with E-state index in [4.69, 9.17) is 9.84 Å². The number of benzene rings is 1. The number of hydrogen-bond donors (Lipinski definition) is 3. The molecule has 1 aromatic carbocycles. The number of hydrogen-bond acceptors (Lipinski definition) is 6. The van der Waals surface area contributed by atoms with E-state index in [1.54, 1.807) is 24.3 Å². The average molecular weight is 294 g/mol. The van der Waals surface area contributed by atoms with Crippen molar-refractivity contribution in [3.63, 3.8) is 0 Å². The Balaban J connectivity index is 2.01. The van der Waals surface area contributed by atoms with Gasteiger partial charge in [-0.25, -0.2) is 9.59 Å². The minimum Gasteiger partial charge on any atom is -0.480 e. The van der Waals surface area contributed by atoms with Crippen LogP contribution in [-0.4, -0.2) is 33.9 Å². The van der Waals surface area contributed by atoms with Gasteiger partial charge in [0, 0.05) is 0 Å². The highest BCUT2D eigenvalue weighted by Crippen LogP contribution is 2.23. The van der Waals surface area contributed by atoms with Gasteiger partial charge in [0.05, 0.1) is 5.69 Å². The van der Waals surface area contributed by atoms with Gasteiger partial charge in [0.1, 0.15) is 11.3 Å². The quantitative estimate of drug-likeness (QED) is 0.772. The van der Waals surface area contributed by atoms with Gasteiger partial charge in [0.15, 0.2) is 6.61 Å². The molecule has 0 saturated carbocycles. The molecule has 8 nitrogen and oxygen atoms in total. The third-order valence-corrected chi connectivity index (χ3v) is 2.67. The van der Waals surface area contributed by atoms with Crippen molar-refractivity contribution in [3.05, 3.63) is 29.8 Å². The second kappa shape index (κ2) is 6.48. The maximum absolute atomic E-state index is 11.7. The molecule has 0 radical (unpaired) electrons. The summed E-state index contributed by atoms with van der Waals surface area (Å²) < 4.78 is 5.07. The highest BCUT2D eigenvalue weighted by Gasteiger charge is 2.09. The standard InChI is InChI=1S/C11H10N4O4S/c16-9(17)5-19-8-4-2-1-3-7(8)13-10(18)14-11-15-12-6-20-11/h1-4,6H,5H2,(H,16,17)(H2,13,14,15,18). The van der Waals surface area contributed by atoms with Gasteiger partial charge < -0.3 is 15.2 Å². The number of aromatic nitrogens is 2. The van der Waals surface area contributed by atoms with E-state index in [9.17, 15) is 9.59 Å². The Kier molecular flexibility index (Phi) is 4.45. The Morgan fingerprint density at radius 2 is 2.10 bits per heavy atom. The van der Waals surface area contributed by atoms with Gasteiger partial charge in [-0.2, -0.15) is 0 Å². The number of ether oxygens (including phenoxy) is 1. The Hall–Kier alpha value is -2.68. The molecule has 1 heterocycles. The molecule has 9 heteroatoms. The summed E-state index contributed by atoms with van der Waals surface area (Å²) in [5, 5.41) is 21.2. The van der Waals surface area contributed by atoms with E-state index in [0.717, 1.165) is 0 Å². The average Bonchev–Trinajstić information content (AvgIpc) is 2.90. The van der Waals surface area contributed by atoms with Crippen molar-refractivity contribution in [2.24, 2.45) is 0 Å². The highest BCUT2D eigenvalue weighted by molar-refractivity contribution is 7.13. The lowest BCUT2D eigenvalue weighted by Crippen LogP contribution is -2.20. The van der Waals surface area contributed by atoms with Crippen molar-refractivity contribution in [1.82, 2.24) is 10.2 Å².